The second-order valence-electron chi connectivity index (χ2n) is 7.15. The van der Waals surface area contributed by atoms with Crippen molar-refractivity contribution < 1.29 is 9.47 Å². The number of benzene rings is 2. The number of methoxy groups -OCH3 is 1. The SMILES string of the molecule is COc1ccc([C@@]23CC[C@@H](O2)c2cccnc2N3Cc2ccccc2)cc1. The Kier molecular flexibility index (Phi) is 3.87. The summed E-state index contributed by atoms with van der Waals surface area (Å²) in [5, 5.41) is 0. The van der Waals surface area contributed by atoms with Crippen LogP contribution in [-0.2, 0) is 17.0 Å². The Morgan fingerprint density at radius 2 is 1.89 bits per heavy atom. The Balaban J connectivity index is 1.64. The molecule has 0 unspecified atom stereocenters. The van der Waals surface area contributed by atoms with E-state index < -0.39 is 5.72 Å². The summed E-state index contributed by atoms with van der Waals surface area (Å²) in [5.41, 5.74) is 3.10. The van der Waals surface area contributed by atoms with Crippen molar-refractivity contribution in [1.29, 1.82) is 0 Å². The predicted octanol–water partition coefficient (Wildman–Crippen LogP) is 4.81. The third-order valence-corrected chi connectivity index (χ3v) is 5.66. The number of pyridine rings is 1. The van der Waals surface area contributed by atoms with Gasteiger partial charge in [-0.2, -0.15) is 0 Å². The van der Waals surface area contributed by atoms with Gasteiger partial charge in [0.2, 0.25) is 0 Å². The van der Waals surface area contributed by atoms with E-state index in [1.807, 2.05) is 30.5 Å². The third-order valence-electron chi connectivity index (χ3n) is 5.66. The zero-order valence-electron chi connectivity index (χ0n) is 15.3. The van der Waals surface area contributed by atoms with E-state index in [1.54, 1.807) is 7.11 Å². The van der Waals surface area contributed by atoms with Crippen LogP contribution in [0.4, 0.5) is 5.82 Å². The third kappa shape index (κ3) is 2.60. The summed E-state index contributed by atoms with van der Waals surface area (Å²) in [7, 11) is 1.69. The van der Waals surface area contributed by atoms with Crippen molar-refractivity contribution in [3.8, 4) is 5.75 Å². The summed E-state index contributed by atoms with van der Waals surface area (Å²) in [4.78, 5) is 7.10. The van der Waals surface area contributed by atoms with E-state index in [1.165, 1.54) is 11.1 Å². The molecule has 2 atom stereocenters. The molecule has 4 nitrogen and oxygen atoms in total. The molecule has 2 aliphatic rings. The largest absolute Gasteiger partial charge is 0.497 e. The number of anilines is 1. The molecule has 0 aliphatic carbocycles. The van der Waals surface area contributed by atoms with Crippen LogP contribution in [0.25, 0.3) is 0 Å². The highest BCUT2D eigenvalue weighted by Crippen LogP contribution is 2.55. The first kappa shape index (κ1) is 16.3. The van der Waals surface area contributed by atoms with Crippen molar-refractivity contribution >= 4 is 5.82 Å². The van der Waals surface area contributed by atoms with Gasteiger partial charge in [0.05, 0.1) is 13.2 Å². The fourth-order valence-corrected chi connectivity index (χ4v) is 4.34. The summed E-state index contributed by atoms with van der Waals surface area (Å²) in [6.07, 6.45) is 3.91. The zero-order valence-corrected chi connectivity index (χ0v) is 15.3. The molecule has 2 aliphatic heterocycles. The molecule has 0 radical (unpaired) electrons. The summed E-state index contributed by atoms with van der Waals surface area (Å²) in [6, 6.07) is 22.9. The fraction of sp³-hybridized carbons (Fsp3) is 0.261. The Bertz CT molecular complexity index is 942. The van der Waals surface area contributed by atoms with Crippen molar-refractivity contribution in [2.24, 2.45) is 0 Å². The summed E-state index contributed by atoms with van der Waals surface area (Å²) in [6.45, 7) is 0.754. The Morgan fingerprint density at radius 3 is 2.67 bits per heavy atom. The van der Waals surface area contributed by atoms with Crippen LogP contribution in [0.15, 0.2) is 72.9 Å². The van der Waals surface area contributed by atoms with Gasteiger partial charge in [-0.25, -0.2) is 4.98 Å². The van der Waals surface area contributed by atoms with Crippen LogP contribution in [0.1, 0.15) is 35.6 Å². The maximum absolute atomic E-state index is 6.70. The topological polar surface area (TPSA) is 34.6 Å². The molecule has 2 bridgehead atoms. The van der Waals surface area contributed by atoms with Gasteiger partial charge >= 0.3 is 0 Å². The van der Waals surface area contributed by atoms with Crippen LogP contribution in [0.3, 0.4) is 0 Å². The van der Waals surface area contributed by atoms with Crippen LogP contribution < -0.4 is 9.64 Å². The van der Waals surface area contributed by atoms with Crippen LogP contribution in [0, 0.1) is 0 Å². The number of hydrogen-bond acceptors (Lipinski definition) is 4. The molecule has 27 heavy (non-hydrogen) atoms. The zero-order chi connectivity index (χ0) is 18.3. The van der Waals surface area contributed by atoms with Gasteiger partial charge in [0.15, 0.2) is 5.72 Å². The van der Waals surface area contributed by atoms with Crippen LogP contribution in [-0.4, -0.2) is 12.1 Å². The minimum absolute atomic E-state index is 0.0998. The number of fused-ring (bicyclic) bond motifs is 4. The molecule has 136 valence electrons. The molecule has 0 spiro atoms. The molecule has 1 aromatic heterocycles. The van der Waals surface area contributed by atoms with Gasteiger partial charge in [0, 0.05) is 30.3 Å². The lowest BCUT2D eigenvalue weighted by molar-refractivity contribution is -0.0611. The van der Waals surface area contributed by atoms with Gasteiger partial charge in [-0.1, -0.05) is 48.5 Å². The Labute approximate surface area is 159 Å². The van der Waals surface area contributed by atoms with Crippen molar-refractivity contribution in [1.82, 2.24) is 4.98 Å². The van der Waals surface area contributed by atoms with Gasteiger partial charge in [-0.05, 0) is 30.2 Å². The maximum atomic E-state index is 6.70. The minimum atomic E-state index is -0.492. The van der Waals surface area contributed by atoms with Gasteiger partial charge in [-0.15, -0.1) is 0 Å². The maximum Gasteiger partial charge on any atom is 0.169 e. The number of rotatable bonds is 4. The van der Waals surface area contributed by atoms with Crippen LogP contribution in [0.2, 0.25) is 0 Å². The van der Waals surface area contributed by atoms with Crippen LogP contribution >= 0.6 is 0 Å². The molecular weight excluding hydrogens is 336 g/mol. The van der Waals surface area contributed by atoms with Gasteiger partial charge in [0.25, 0.3) is 0 Å². The van der Waals surface area contributed by atoms with E-state index in [2.05, 4.69) is 47.4 Å². The molecule has 1 fully saturated rings. The second-order valence-corrected chi connectivity index (χ2v) is 7.15. The van der Waals surface area contributed by atoms with Crippen molar-refractivity contribution in [3.05, 3.63) is 89.6 Å². The number of ether oxygens (including phenoxy) is 2. The van der Waals surface area contributed by atoms with E-state index in [0.29, 0.717) is 0 Å². The molecule has 0 N–H and O–H groups in total. The van der Waals surface area contributed by atoms with E-state index in [9.17, 15) is 0 Å². The van der Waals surface area contributed by atoms with Gasteiger partial charge in [0.1, 0.15) is 11.6 Å². The highest BCUT2D eigenvalue weighted by molar-refractivity contribution is 5.56. The first-order valence-electron chi connectivity index (χ1n) is 9.39. The highest BCUT2D eigenvalue weighted by atomic mass is 16.5. The molecule has 0 saturated carbocycles. The lowest BCUT2D eigenvalue weighted by Gasteiger charge is -2.46. The summed E-state index contributed by atoms with van der Waals surface area (Å²) in [5.74, 6) is 1.89. The van der Waals surface area contributed by atoms with E-state index >= 15 is 0 Å². The number of aromatic nitrogens is 1. The van der Waals surface area contributed by atoms with Crippen molar-refractivity contribution in [2.45, 2.75) is 31.2 Å². The molecular formula is C23H22N2O2. The van der Waals surface area contributed by atoms with Crippen molar-refractivity contribution in [2.75, 3.05) is 12.0 Å². The average Bonchev–Trinajstić information content (AvgIpc) is 3.14. The predicted molar refractivity (Wildman–Crippen MR) is 105 cm³/mol. The molecule has 1 saturated heterocycles. The molecule has 3 aromatic rings. The van der Waals surface area contributed by atoms with Crippen LogP contribution in [0.5, 0.6) is 5.75 Å². The molecule has 3 heterocycles. The normalized spacial score (nSPS) is 23.1. The molecule has 0 amide bonds. The molecule has 2 aromatic carbocycles. The smallest absolute Gasteiger partial charge is 0.169 e. The first-order chi connectivity index (χ1) is 13.3. The highest BCUT2D eigenvalue weighted by Gasteiger charge is 2.52. The average molecular weight is 358 g/mol. The number of hydrogen-bond donors (Lipinski definition) is 0. The summed E-state index contributed by atoms with van der Waals surface area (Å²) >= 11 is 0. The monoisotopic (exact) mass is 358 g/mol. The Morgan fingerprint density at radius 1 is 1.07 bits per heavy atom. The van der Waals surface area contributed by atoms with E-state index in [0.717, 1.165) is 36.5 Å². The second kappa shape index (κ2) is 6.39. The van der Waals surface area contributed by atoms with Gasteiger partial charge < -0.3 is 14.4 Å². The fourth-order valence-electron chi connectivity index (χ4n) is 4.34. The quantitative estimate of drug-likeness (QED) is 0.670. The number of nitrogens with zero attached hydrogens (tertiary/aromatic N) is 2. The van der Waals surface area contributed by atoms with E-state index in [-0.39, 0.29) is 6.10 Å². The van der Waals surface area contributed by atoms with Gasteiger partial charge in [-0.3, -0.25) is 0 Å². The van der Waals surface area contributed by atoms with Crippen molar-refractivity contribution in [3.63, 3.8) is 0 Å². The minimum Gasteiger partial charge on any atom is -0.497 e. The molecule has 4 heteroatoms. The first-order valence-corrected chi connectivity index (χ1v) is 9.39. The Hall–Kier alpha value is -2.85. The lowest BCUT2D eigenvalue weighted by Crippen LogP contribution is -2.48. The van der Waals surface area contributed by atoms with E-state index in [4.69, 9.17) is 14.5 Å². The standard InChI is InChI=1S/C23H22N2O2/c1-26-19-11-9-18(10-12-19)23-14-13-21(27-23)20-8-5-15-24-22(20)25(23)16-17-6-3-2-4-7-17/h2-12,15,21H,13-14,16H2,1H3/t21-,23-/m1/s1. The lowest BCUT2D eigenvalue weighted by atomic mass is 9.97. The molecule has 5 rings (SSSR count). The summed E-state index contributed by atoms with van der Waals surface area (Å²) < 4.78 is 12.0.